The van der Waals surface area contributed by atoms with Gasteiger partial charge in [0.2, 0.25) is 0 Å². The van der Waals surface area contributed by atoms with E-state index in [1.54, 1.807) is 37.3 Å². The van der Waals surface area contributed by atoms with Gasteiger partial charge in [-0.2, -0.15) is 18.4 Å². The predicted molar refractivity (Wildman–Crippen MR) is 141 cm³/mol. The molecule has 0 fully saturated rings. The maximum absolute atomic E-state index is 13.0. The normalized spacial score (nSPS) is 11.4. The van der Waals surface area contributed by atoms with E-state index in [-0.39, 0.29) is 30.2 Å². The Balaban J connectivity index is 1.85. The molecule has 0 spiro atoms. The first-order valence-corrected chi connectivity index (χ1v) is 12.0. The fourth-order valence-electron chi connectivity index (χ4n) is 3.28. The third-order valence-corrected chi connectivity index (χ3v) is 5.76. The summed E-state index contributed by atoms with van der Waals surface area (Å²) in [6.07, 6.45) is -3.31. The van der Waals surface area contributed by atoms with Crippen molar-refractivity contribution in [2.24, 2.45) is 0 Å². The molecule has 3 rings (SSSR count). The van der Waals surface area contributed by atoms with Crippen LogP contribution in [-0.2, 0) is 17.6 Å². The van der Waals surface area contributed by atoms with Gasteiger partial charge < -0.3 is 14.8 Å². The van der Waals surface area contributed by atoms with E-state index in [2.05, 4.69) is 5.32 Å². The van der Waals surface area contributed by atoms with Gasteiger partial charge in [0.25, 0.3) is 11.6 Å². The summed E-state index contributed by atoms with van der Waals surface area (Å²) in [6, 6.07) is 15.0. The van der Waals surface area contributed by atoms with Crippen molar-refractivity contribution >= 4 is 45.9 Å². The van der Waals surface area contributed by atoms with Crippen LogP contribution in [0, 0.1) is 25.0 Å². The smallest absolute Gasteiger partial charge is 0.416 e. The Morgan fingerprint density at radius 3 is 2.55 bits per heavy atom. The number of nitrogens with zero attached hydrogens (tertiary/aromatic N) is 2. The lowest BCUT2D eigenvalue weighted by atomic mass is 10.1. The molecule has 0 aromatic heterocycles. The van der Waals surface area contributed by atoms with Crippen LogP contribution >= 0.6 is 22.6 Å². The second-order valence-corrected chi connectivity index (χ2v) is 8.84. The lowest BCUT2D eigenvalue weighted by Gasteiger charge is -2.15. The summed E-state index contributed by atoms with van der Waals surface area (Å²) in [5, 5.41) is 22.8. The van der Waals surface area contributed by atoms with Crippen LogP contribution in [0.1, 0.15) is 23.6 Å². The number of hydrogen-bond acceptors (Lipinski definition) is 6. The molecule has 0 saturated carbocycles. The minimum absolute atomic E-state index is 0.0236. The van der Waals surface area contributed by atoms with Gasteiger partial charge in [0.1, 0.15) is 18.2 Å². The van der Waals surface area contributed by atoms with E-state index >= 15 is 0 Å². The van der Waals surface area contributed by atoms with Gasteiger partial charge in [0, 0.05) is 17.8 Å². The van der Waals surface area contributed by atoms with Crippen LogP contribution in [0.5, 0.6) is 11.5 Å². The fraction of sp³-hybridized carbons (Fsp3) is 0.154. The number of benzene rings is 3. The molecule has 0 unspecified atom stereocenters. The van der Waals surface area contributed by atoms with Crippen molar-refractivity contribution in [3.05, 3.63) is 96.6 Å². The number of nitro benzene ring substituents is 1. The zero-order valence-electron chi connectivity index (χ0n) is 19.7. The molecule has 0 aliphatic carbocycles. The van der Waals surface area contributed by atoms with Crippen molar-refractivity contribution in [2.45, 2.75) is 19.7 Å². The lowest BCUT2D eigenvalue weighted by molar-refractivity contribution is -0.384. The average molecular weight is 637 g/mol. The number of hydrogen-bond donors (Lipinski definition) is 1. The largest absolute Gasteiger partial charge is 0.490 e. The van der Waals surface area contributed by atoms with Gasteiger partial charge in [-0.1, -0.05) is 18.2 Å². The first kappa shape index (κ1) is 28.5. The minimum atomic E-state index is -4.58. The zero-order chi connectivity index (χ0) is 27.9. The molecule has 0 aliphatic rings. The third kappa shape index (κ3) is 7.45. The van der Waals surface area contributed by atoms with E-state index in [1.165, 1.54) is 24.3 Å². The van der Waals surface area contributed by atoms with Gasteiger partial charge in [-0.25, -0.2) is 0 Å². The van der Waals surface area contributed by atoms with Crippen LogP contribution < -0.4 is 14.8 Å². The van der Waals surface area contributed by atoms with E-state index < -0.39 is 22.6 Å². The van der Waals surface area contributed by atoms with Crippen LogP contribution in [0.3, 0.4) is 0 Å². The van der Waals surface area contributed by atoms with Crippen LogP contribution in [-0.4, -0.2) is 17.4 Å². The molecular weight excluding hydrogens is 618 g/mol. The molecule has 0 atom stereocenters. The van der Waals surface area contributed by atoms with Gasteiger partial charge in [0.15, 0.2) is 11.5 Å². The number of nitriles is 1. The molecule has 12 heteroatoms. The van der Waals surface area contributed by atoms with E-state index in [4.69, 9.17) is 9.47 Å². The Bertz CT molecular complexity index is 1430. The van der Waals surface area contributed by atoms with Crippen molar-refractivity contribution in [1.29, 1.82) is 5.26 Å². The number of amides is 1. The highest BCUT2D eigenvalue weighted by Gasteiger charge is 2.30. The Labute approximate surface area is 229 Å². The molecule has 3 aromatic rings. The Kier molecular flexibility index (Phi) is 9.30. The fourth-order valence-corrected chi connectivity index (χ4v) is 4.06. The highest BCUT2D eigenvalue weighted by Crippen LogP contribution is 2.36. The monoisotopic (exact) mass is 637 g/mol. The number of non-ortho nitro benzene ring substituents is 1. The summed E-state index contributed by atoms with van der Waals surface area (Å²) in [5.74, 6) is -0.208. The Morgan fingerprint density at radius 1 is 1.16 bits per heavy atom. The van der Waals surface area contributed by atoms with Crippen molar-refractivity contribution in [3.8, 4) is 17.6 Å². The minimum Gasteiger partial charge on any atom is -0.490 e. The van der Waals surface area contributed by atoms with Crippen LogP contribution in [0.2, 0.25) is 0 Å². The lowest BCUT2D eigenvalue weighted by Crippen LogP contribution is -2.14. The molecule has 0 aliphatic heterocycles. The number of nitro groups is 1. The van der Waals surface area contributed by atoms with Crippen molar-refractivity contribution in [2.75, 3.05) is 11.9 Å². The van der Waals surface area contributed by atoms with Crippen molar-refractivity contribution in [1.82, 2.24) is 0 Å². The molecule has 0 bridgehead atoms. The highest BCUT2D eigenvalue weighted by atomic mass is 127. The molecule has 0 radical (unpaired) electrons. The number of alkyl halides is 3. The molecule has 0 saturated heterocycles. The number of carbonyl (C=O) groups is 1. The van der Waals surface area contributed by atoms with Gasteiger partial charge in [-0.05, 0) is 77.0 Å². The van der Waals surface area contributed by atoms with Crippen LogP contribution in [0.4, 0.5) is 24.5 Å². The maximum atomic E-state index is 13.0. The van der Waals surface area contributed by atoms with Gasteiger partial charge in [-0.15, -0.1) is 0 Å². The average Bonchev–Trinajstić information content (AvgIpc) is 2.86. The molecule has 3 aromatic carbocycles. The molecule has 1 amide bonds. The van der Waals surface area contributed by atoms with Crippen molar-refractivity contribution < 1.29 is 32.4 Å². The number of anilines is 1. The van der Waals surface area contributed by atoms with E-state index in [0.717, 1.165) is 18.2 Å². The molecular formula is C26H19F3IN3O5. The van der Waals surface area contributed by atoms with Crippen LogP contribution in [0.15, 0.2) is 66.2 Å². The highest BCUT2D eigenvalue weighted by molar-refractivity contribution is 14.1. The molecule has 38 heavy (non-hydrogen) atoms. The summed E-state index contributed by atoms with van der Waals surface area (Å²) in [7, 11) is 0. The number of nitrogens with one attached hydrogen (secondary N) is 1. The summed E-state index contributed by atoms with van der Waals surface area (Å²) in [4.78, 5) is 23.1. The maximum Gasteiger partial charge on any atom is 0.416 e. The van der Waals surface area contributed by atoms with E-state index in [9.17, 15) is 33.3 Å². The third-order valence-electron chi connectivity index (χ3n) is 4.96. The summed E-state index contributed by atoms with van der Waals surface area (Å²) < 4.78 is 51.0. The second-order valence-electron chi connectivity index (χ2n) is 7.68. The molecule has 8 nitrogen and oxygen atoms in total. The Hall–Kier alpha value is -4.12. The van der Waals surface area contributed by atoms with E-state index in [0.29, 0.717) is 26.2 Å². The molecule has 0 heterocycles. The summed E-state index contributed by atoms with van der Waals surface area (Å²) in [5.41, 5.74) is -0.477. The van der Waals surface area contributed by atoms with Crippen LogP contribution in [0.25, 0.3) is 6.08 Å². The first-order valence-electron chi connectivity index (χ1n) is 10.9. The van der Waals surface area contributed by atoms with Gasteiger partial charge in [-0.3, -0.25) is 14.9 Å². The van der Waals surface area contributed by atoms with Gasteiger partial charge >= 0.3 is 6.18 Å². The van der Waals surface area contributed by atoms with E-state index in [1.807, 2.05) is 22.6 Å². The molecule has 1 N–H and O–H groups in total. The SMILES string of the molecule is CCOc1cc(/C=C(\C#N)C(=O)Nc2cccc(C(F)(F)F)c2)cc(I)c1OCc1cccc([N+](=O)[O-])c1. The summed E-state index contributed by atoms with van der Waals surface area (Å²) in [6.45, 7) is 2.05. The Morgan fingerprint density at radius 2 is 1.89 bits per heavy atom. The van der Waals surface area contributed by atoms with Crippen molar-refractivity contribution in [3.63, 3.8) is 0 Å². The number of ether oxygens (including phenoxy) is 2. The predicted octanol–water partition coefficient (Wildman–Crippen LogP) is 6.74. The summed E-state index contributed by atoms with van der Waals surface area (Å²) >= 11 is 1.98. The quantitative estimate of drug-likeness (QED) is 0.0914. The second kappa shape index (κ2) is 12.4. The topological polar surface area (TPSA) is 114 Å². The first-order chi connectivity index (χ1) is 18.0. The number of rotatable bonds is 9. The molecule has 196 valence electrons. The number of carbonyl (C=O) groups excluding carboxylic acids is 1. The number of halogens is 4. The zero-order valence-corrected chi connectivity index (χ0v) is 21.9. The van der Waals surface area contributed by atoms with Gasteiger partial charge in [0.05, 0.1) is 20.7 Å². The standard InChI is InChI=1S/C26H19F3IN3O5/c1-2-37-23-12-17(11-22(30)24(23)38-15-16-5-3-8-21(10-16)33(35)36)9-18(14-31)25(34)32-20-7-4-6-19(13-20)26(27,28)29/h3-13H,2,15H2,1H3,(H,32,34)/b18-9+.